The highest BCUT2D eigenvalue weighted by Gasteiger charge is 2.33. The molecule has 28 heavy (non-hydrogen) atoms. The highest BCUT2D eigenvalue weighted by Crippen LogP contribution is 2.38. The molecule has 1 aromatic rings. The number of carbonyl (C=O) groups excluding carboxylic acids is 1. The van der Waals surface area contributed by atoms with Crippen LogP contribution in [0.1, 0.15) is 19.8 Å². The number of anilines is 1. The zero-order chi connectivity index (χ0) is 20.5. The van der Waals surface area contributed by atoms with Crippen LogP contribution in [0.2, 0.25) is 5.02 Å². The molecule has 1 heterocycles. The second-order valence-electron chi connectivity index (χ2n) is 7.16. The molecule has 0 spiro atoms. The first-order valence-electron chi connectivity index (χ1n) is 9.14. The van der Waals surface area contributed by atoms with Crippen LogP contribution in [-0.2, 0) is 10.0 Å². The molecule has 2 amide bonds. The van der Waals surface area contributed by atoms with E-state index in [1.54, 1.807) is 0 Å². The maximum absolute atomic E-state index is 13.0. The molecule has 2 aliphatic rings. The Morgan fingerprint density at radius 3 is 2.54 bits per heavy atom. The first kappa shape index (κ1) is 20.9. The van der Waals surface area contributed by atoms with Gasteiger partial charge in [0.2, 0.25) is 10.0 Å². The Kier molecular flexibility index (Phi) is 6.18. The van der Waals surface area contributed by atoms with Gasteiger partial charge in [0, 0.05) is 26.2 Å². The normalized spacial score (nSPS) is 21.4. The van der Waals surface area contributed by atoms with Gasteiger partial charge in [-0.25, -0.2) is 13.2 Å². The molecule has 3 N–H and O–H groups in total. The van der Waals surface area contributed by atoms with Crippen molar-refractivity contribution in [2.75, 3.05) is 38.5 Å². The lowest BCUT2D eigenvalue weighted by Crippen LogP contribution is -2.47. The van der Waals surface area contributed by atoms with Gasteiger partial charge in [-0.05, 0) is 38.9 Å². The predicted octanol–water partition coefficient (Wildman–Crippen LogP) is 2.21. The molecule has 0 radical (unpaired) electrons. The zero-order valence-electron chi connectivity index (χ0n) is 15.9. The summed E-state index contributed by atoms with van der Waals surface area (Å²) in [5.74, 6) is -0.555. The molecule has 8 nitrogen and oxygen atoms in total. The van der Waals surface area contributed by atoms with Gasteiger partial charge in [0.25, 0.3) is 0 Å². The van der Waals surface area contributed by atoms with Crippen molar-refractivity contribution < 1.29 is 18.3 Å². The number of aromatic hydroxyl groups is 1. The first-order chi connectivity index (χ1) is 13.2. The third-order valence-electron chi connectivity index (χ3n) is 5.17. The number of amides is 2. The smallest absolute Gasteiger partial charge is 0.319 e. The van der Waals surface area contributed by atoms with E-state index in [1.165, 1.54) is 16.4 Å². The average molecular weight is 429 g/mol. The lowest BCUT2D eigenvalue weighted by Gasteiger charge is -2.32. The van der Waals surface area contributed by atoms with Gasteiger partial charge >= 0.3 is 6.03 Å². The van der Waals surface area contributed by atoms with E-state index < -0.39 is 21.8 Å². The van der Waals surface area contributed by atoms with Crippen LogP contribution in [0, 0.1) is 0 Å². The molecule has 1 aromatic carbocycles. The Morgan fingerprint density at radius 1 is 1.25 bits per heavy atom. The van der Waals surface area contributed by atoms with Crippen LogP contribution in [-0.4, -0.2) is 68.0 Å². The van der Waals surface area contributed by atoms with Crippen LogP contribution in [0.5, 0.6) is 5.75 Å². The van der Waals surface area contributed by atoms with Crippen molar-refractivity contribution in [1.29, 1.82) is 0 Å². The lowest BCUT2D eigenvalue weighted by atomic mass is 10.2. The number of rotatable bonds is 4. The number of benzene rings is 1. The Morgan fingerprint density at radius 2 is 1.93 bits per heavy atom. The number of carbonyl (C=O) groups is 1. The molecular formula is C18H25ClN4O4S. The number of halogens is 1. The number of sulfonamides is 1. The molecule has 0 bridgehead atoms. The Bertz CT molecular complexity index is 895. The van der Waals surface area contributed by atoms with E-state index in [2.05, 4.69) is 16.7 Å². The SMILES string of the molecule is CC1=CCCC1NC(=O)Nc1ccc(Cl)c(S(=O)(=O)N2CCN(C)CC2)c1O. The first-order valence-corrected chi connectivity index (χ1v) is 11.0. The van der Waals surface area contributed by atoms with Gasteiger partial charge in [-0.3, -0.25) is 0 Å². The highest BCUT2D eigenvalue weighted by molar-refractivity contribution is 7.89. The van der Waals surface area contributed by atoms with Crippen LogP contribution in [0.4, 0.5) is 10.5 Å². The van der Waals surface area contributed by atoms with Crippen molar-refractivity contribution in [1.82, 2.24) is 14.5 Å². The number of hydrogen-bond acceptors (Lipinski definition) is 5. The zero-order valence-corrected chi connectivity index (χ0v) is 17.5. The maximum Gasteiger partial charge on any atom is 0.319 e. The summed E-state index contributed by atoms with van der Waals surface area (Å²) in [5.41, 5.74) is 1.07. The van der Waals surface area contributed by atoms with Crippen LogP contribution in [0.15, 0.2) is 28.7 Å². The minimum atomic E-state index is -3.99. The number of likely N-dealkylation sites (N-methyl/N-ethyl adjacent to an activating group) is 1. The molecule has 154 valence electrons. The van der Waals surface area contributed by atoms with E-state index in [0.717, 1.165) is 18.4 Å². The molecule has 3 rings (SSSR count). The summed E-state index contributed by atoms with van der Waals surface area (Å²) in [4.78, 5) is 13.9. The molecule has 1 unspecified atom stereocenters. The second kappa shape index (κ2) is 8.28. The molecule has 0 aromatic heterocycles. The van der Waals surface area contributed by atoms with Crippen LogP contribution < -0.4 is 10.6 Å². The number of nitrogens with zero attached hydrogens (tertiary/aromatic N) is 2. The summed E-state index contributed by atoms with van der Waals surface area (Å²) in [6.45, 7) is 3.73. The van der Waals surface area contributed by atoms with E-state index in [4.69, 9.17) is 11.6 Å². The monoisotopic (exact) mass is 428 g/mol. The minimum Gasteiger partial charge on any atom is -0.504 e. The molecule has 1 saturated heterocycles. The Hall–Kier alpha value is -1.81. The number of allylic oxidation sites excluding steroid dienone is 1. The van der Waals surface area contributed by atoms with Crippen molar-refractivity contribution in [2.24, 2.45) is 0 Å². The quantitative estimate of drug-likeness (QED) is 0.504. The topological polar surface area (TPSA) is 102 Å². The van der Waals surface area contributed by atoms with Crippen LogP contribution in [0.3, 0.4) is 0 Å². The van der Waals surface area contributed by atoms with Gasteiger partial charge in [0.15, 0.2) is 5.75 Å². The van der Waals surface area contributed by atoms with Crippen molar-refractivity contribution in [3.05, 3.63) is 28.8 Å². The molecule has 1 aliphatic heterocycles. The van der Waals surface area contributed by atoms with Gasteiger partial charge in [0.05, 0.1) is 16.8 Å². The maximum atomic E-state index is 13.0. The van der Waals surface area contributed by atoms with E-state index in [9.17, 15) is 18.3 Å². The van der Waals surface area contributed by atoms with Gasteiger partial charge in [0.1, 0.15) is 4.90 Å². The predicted molar refractivity (Wildman–Crippen MR) is 108 cm³/mol. The summed E-state index contributed by atoms with van der Waals surface area (Å²) in [7, 11) is -2.08. The third kappa shape index (κ3) is 4.27. The van der Waals surface area contributed by atoms with E-state index in [0.29, 0.717) is 26.2 Å². The molecule has 1 atom stereocenters. The van der Waals surface area contributed by atoms with Crippen molar-refractivity contribution in [2.45, 2.75) is 30.7 Å². The highest BCUT2D eigenvalue weighted by atomic mass is 35.5. The number of phenols is 1. The second-order valence-corrected chi connectivity index (χ2v) is 9.44. The standard InChI is InChI=1S/C18H25ClN4O4S/c1-12-4-3-5-14(12)20-18(25)21-15-7-6-13(19)17(16(15)24)28(26,27)23-10-8-22(2)9-11-23/h4,6-7,14,24H,3,5,8-11H2,1-2H3,(H2,20,21,25). The van der Waals surface area contributed by atoms with Crippen molar-refractivity contribution >= 4 is 33.3 Å². The lowest BCUT2D eigenvalue weighted by molar-refractivity contribution is 0.222. The molecule has 1 aliphatic carbocycles. The number of hydrogen-bond donors (Lipinski definition) is 3. The average Bonchev–Trinajstić information content (AvgIpc) is 3.02. The van der Waals surface area contributed by atoms with Crippen LogP contribution in [0.25, 0.3) is 0 Å². The van der Waals surface area contributed by atoms with Gasteiger partial charge in [-0.2, -0.15) is 4.31 Å². The Balaban J connectivity index is 1.81. The van der Waals surface area contributed by atoms with Gasteiger partial charge < -0.3 is 20.6 Å². The van der Waals surface area contributed by atoms with Crippen molar-refractivity contribution in [3.63, 3.8) is 0 Å². The molecule has 10 heteroatoms. The summed E-state index contributed by atoms with van der Waals surface area (Å²) in [5, 5.41) is 15.9. The third-order valence-corrected chi connectivity index (χ3v) is 7.57. The summed E-state index contributed by atoms with van der Waals surface area (Å²) >= 11 is 6.12. The van der Waals surface area contributed by atoms with E-state index in [-0.39, 0.29) is 21.6 Å². The Labute approximate surface area is 170 Å². The molecule has 0 saturated carbocycles. The van der Waals surface area contributed by atoms with Gasteiger partial charge in [-0.1, -0.05) is 23.3 Å². The molecular weight excluding hydrogens is 404 g/mol. The molecule has 1 fully saturated rings. The minimum absolute atomic E-state index is 0.00534. The summed E-state index contributed by atoms with van der Waals surface area (Å²) in [6.07, 6.45) is 3.77. The fraction of sp³-hybridized carbons (Fsp3) is 0.500. The van der Waals surface area contributed by atoms with Gasteiger partial charge in [-0.15, -0.1) is 0 Å². The fourth-order valence-corrected chi connectivity index (χ4v) is 5.42. The number of phenolic OH excluding ortho intramolecular Hbond substituents is 1. The largest absolute Gasteiger partial charge is 0.504 e. The van der Waals surface area contributed by atoms with Crippen LogP contribution >= 0.6 is 11.6 Å². The summed E-state index contributed by atoms with van der Waals surface area (Å²) < 4.78 is 27.3. The van der Waals surface area contributed by atoms with E-state index in [1.807, 2.05) is 18.9 Å². The number of urea groups is 1. The fourth-order valence-electron chi connectivity index (χ4n) is 3.40. The van der Waals surface area contributed by atoms with E-state index >= 15 is 0 Å². The number of nitrogens with one attached hydrogen (secondary N) is 2. The summed E-state index contributed by atoms with van der Waals surface area (Å²) in [6, 6.07) is 2.17. The van der Waals surface area contributed by atoms with Crippen molar-refractivity contribution in [3.8, 4) is 5.75 Å². The number of piperazine rings is 1.